The van der Waals surface area contributed by atoms with Crippen molar-refractivity contribution in [2.75, 3.05) is 18.0 Å². The summed E-state index contributed by atoms with van der Waals surface area (Å²) in [4.78, 5) is 25.3. The van der Waals surface area contributed by atoms with E-state index in [0.717, 1.165) is 24.2 Å². The van der Waals surface area contributed by atoms with Crippen LogP contribution in [0, 0.1) is 0 Å². The molecular weight excluding hydrogens is 290 g/mol. The Balaban J connectivity index is 2.29. The van der Waals surface area contributed by atoms with Crippen molar-refractivity contribution >= 4 is 29.1 Å². The SMILES string of the molecule is CCCNCc1ccc(Cl)cc1N1CC(=O)NC(=O)C1C. The van der Waals surface area contributed by atoms with Crippen LogP contribution in [-0.2, 0) is 16.1 Å². The zero-order valence-corrected chi connectivity index (χ0v) is 13.0. The standard InChI is InChI=1S/C15H20ClN3O2/c1-3-6-17-8-11-4-5-12(16)7-13(11)19-9-14(20)18-15(21)10(19)2/h4-5,7,10,17H,3,6,8-9H2,1-2H3,(H,18,20,21). The van der Waals surface area contributed by atoms with Crippen LogP contribution >= 0.6 is 11.6 Å². The fourth-order valence-electron chi connectivity index (χ4n) is 2.36. The number of carbonyl (C=O) groups is 2. The summed E-state index contributed by atoms with van der Waals surface area (Å²) in [6.45, 7) is 5.64. The van der Waals surface area contributed by atoms with Crippen LogP contribution in [0.4, 0.5) is 5.69 Å². The molecule has 21 heavy (non-hydrogen) atoms. The van der Waals surface area contributed by atoms with Crippen molar-refractivity contribution in [1.29, 1.82) is 0 Å². The van der Waals surface area contributed by atoms with Crippen LogP contribution in [0.5, 0.6) is 0 Å². The Morgan fingerprint density at radius 3 is 2.90 bits per heavy atom. The Kier molecular flexibility index (Phi) is 5.20. The summed E-state index contributed by atoms with van der Waals surface area (Å²) in [5, 5.41) is 6.27. The normalized spacial score (nSPS) is 18.8. The van der Waals surface area contributed by atoms with Crippen molar-refractivity contribution in [2.45, 2.75) is 32.9 Å². The number of nitrogens with zero attached hydrogens (tertiary/aromatic N) is 1. The van der Waals surface area contributed by atoms with Gasteiger partial charge in [-0.25, -0.2) is 0 Å². The third-order valence-electron chi connectivity index (χ3n) is 3.52. The molecule has 0 aromatic heterocycles. The molecule has 1 heterocycles. The number of imide groups is 1. The molecule has 1 fully saturated rings. The number of hydrogen-bond donors (Lipinski definition) is 2. The molecule has 5 nitrogen and oxygen atoms in total. The summed E-state index contributed by atoms with van der Waals surface area (Å²) < 4.78 is 0. The summed E-state index contributed by atoms with van der Waals surface area (Å²) in [5.41, 5.74) is 1.86. The van der Waals surface area contributed by atoms with Gasteiger partial charge in [0, 0.05) is 17.3 Å². The lowest BCUT2D eigenvalue weighted by Crippen LogP contribution is -2.57. The average molecular weight is 310 g/mol. The van der Waals surface area contributed by atoms with E-state index < -0.39 is 6.04 Å². The molecule has 1 atom stereocenters. The smallest absolute Gasteiger partial charge is 0.249 e. The van der Waals surface area contributed by atoms with Crippen molar-refractivity contribution in [2.24, 2.45) is 0 Å². The monoisotopic (exact) mass is 309 g/mol. The summed E-state index contributed by atoms with van der Waals surface area (Å²) in [7, 11) is 0. The van der Waals surface area contributed by atoms with Crippen LogP contribution in [0.1, 0.15) is 25.8 Å². The Hall–Kier alpha value is -1.59. The molecule has 1 aliphatic heterocycles. The minimum atomic E-state index is -0.397. The number of rotatable bonds is 5. The van der Waals surface area contributed by atoms with Gasteiger partial charge < -0.3 is 10.2 Å². The first-order chi connectivity index (χ1) is 10.0. The van der Waals surface area contributed by atoms with Crippen molar-refractivity contribution in [3.63, 3.8) is 0 Å². The van der Waals surface area contributed by atoms with E-state index in [2.05, 4.69) is 17.6 Å². The number of anilines is 1. The molecule has 0 spiro atoms. The molecule has 0 radical (unpaired) electrons. The van der Waals surface area contributed by atoms with E-state index in [1.54, 1.807) is 11.8 Å². The molecule has 1 aromatic carbocycles. The van der Waals surface area contributed by atoms with E-state index in [0.29, 0.717) is 11.6 Å². The second kappa shape index (κ2) is 6.91. The van der Waals surface area contributed by atoms with Gasteiger partial charge in [0.15, 0.2) is 0 Å². The Labute approximate surface area is 129 Å². The number of benzene rings is 1. The zero-order chi connectivity index (χ0) is 15.4. The molecule has 2 N–H and O–H groups in total. The lowest BCUT2D eigenvalue weighted by molar-refractivity contribution is -0.132. The van der Waals surface area contributed by atoms with Gasteiger partial charge >= 0.3 is 0 Å². The number of carbonyl (C=O) groups excluding carboxylic acids is 2. The quantitative estimate of drug-likeness (QED) is 0.642. The van der Waals surface area contributed by atoms with Gasteiger partial charge in [-0.05, 0) is 37.6 Å². The van der Waals surface area contributed by atoms with Crippen molar-refractivity contribution in [3.8, 4) is 0 Å². The molecule has 2 rings (SSSR count). The van der Waals surface area contributed by atoms with Gasteiger partial charge in [0.2, 0.25) is 11.8 Å². The molecule has 1 aromatic rings. The van der Waals surface area contributed by atoms with Gasteiger partial charge in [0.1, 0.15) is 6.04 Å². The molecule has 0 saturated carbocycles. The average Bonchev–Trinajstić information content (AvgIpc) is 2.44. The second-order valence-electron chi connectivity index (χ2n) is 5.17. The van der Waals surface area contributed by atoms with Crippen LogP contribution in [0.15, 0.2) is 18.2 Å². The molecule has 2 amide bonds. The zero-order valence-electron chi connectivity index (χ0n) is 12.3. The van der Waals surface area contributed by atoms with E-state index >= 15 is 0 Å². The van der Waals surface area contributed by atoms with Gasteiger partial charge in [0.05, 0.1) is 6.54 Å². The molecule has 0 bridgehead atoms. The highest BCUT2D eigenvalue weighted by molar-refractivity contribution is 6.30. The summed E-state index contributed by atoms with van der Waals surface area (Å²) >= 11 is 6.09. The van der Waals surface area contributed by atoms with Gasteiger partial charge in [-0.3, -0.25) is 14.9 Å². The molecule has 1 saturated heterocycles. The maximum absolute atomic E-state index is 11.8. The molecule has 1 unspecified atom stereocenters. The minimum Gasteiger partial charge on any atom is -0.350 e. The molecule has 1 aliphatic rings. The van der Waals surface area contributed by atoms with E-state index in [1.807, 2.05) is 18.2 Å². The first-order valence-corrected chi connectivity index (χ1v) is 7.50. The number of nitrogens with one attached hydrogen (secondary N) is 2. The first kappa shape index (κ1) is 15.8. The fourth-order valence-corrected chi connectivity index (χ4v) is 2.53. The van der Waals surface area contributed by atoms with Crippen LogP contribution in [0.25, 0.3) is 0 Å². The Bertz CT molecular complexity index is 548. The summed E-state index contributed by atoms with van der Waals surface area (Å²) in [6.07, 6.45) is 1.05. The van der Waals surface area contributed by atoms with E-state index in [9.17, 15) is 9.59 Å². The van der Waals surface area contributed by atoms with Gasteiger partial charge in [-0.2, -0.15) is 0 Å². The summed E-state index contributed by atoms with van der Waals surface area (Å²) in [5.74, 6) is -0.566. The second-order valence-corrected chi connectivity index (χ2v) is 5.60. The predicted octanol–water partition coefficient (Wildman–Crippen LogP) is 1.69. The van der Waals surface area contributed by atoms with E-state index in [4.69, 9.17) is 11.6 Å². The van der Waals surface area contributed by atoms with Crippen LogP contribution < -0.4 is 15.5 Å². The highest BCUT2D eigenvalue weighted by Gasteiger charge is 2.31. The van der Waals surface area contributed by atoms with Gasteiger partial charge in [-0.15, -0.1) is 0 Å². The first-order valence-electron chi connectivity index (χ1n) is 7.12. The molecule has 0 aliphatic carbocycles. The van der Waals surface area contributed by atoms with Gasteiger partial charge in [-0.1, -0.05) is 24.6 Å². The summed E-state index contributed by atoms with van der Waals surface area (Å²) in [6, 6.07) is 5.17. The lowest BCUT2D eigenvalue weighted by Gasteiger charge is -2.35. The van der Waals surface area contributed by atoms with Crippen molar-refractivity contribution in [3.05, 3.63) is 28.8 Å². The highest BCUT2D eigenvalue weighted by atomic mass is 35.5. The largest absolute Gasteiger partial charge is 0.350 e. The number of amides is 2. The predicted molar refractivity (Wildman–Crippen MR) is 83.4 cm³/mol. The van der Waals surface area contributed by atoms with E-state index in [-0.39, 0.29) is 18.4 Å². The lowest BCUT2D eigenvalue weighted by atomic mass is 10.1. The van der Waals surface area contributed by atoms with Crippen LogP contribution in [0.2, 0.25) is 5.02 Å². The molecule has 114 valence electrons. The number of hydrogen-bond acceptors (Lipinski definition) is 4. The third-order valence-corrected chi connectivity index (χ3v) is 3.76. The van der Waals surface area contributed by atoms with Crippen LogP contribution in [0.3, 0.4) is 0 Å². The maximum Gasteiger partial charge on any atom is 0.249 e. The fraction of sp³-hybridized carbons (Fsp3) is 0.467. The number of halogens is 1. The number of piperazine rings is 1. The van der Waals surface area contributed by atoms with Crippen molar-refractivity contribution in [1.82, 2.24) is 10.6 Å². The van der Waals surface area contributed by atoms with Crippen molar-refractivity contribution < 1.29 is 9.59 Å². The Morgan fingerprint density at radius 1 is 1.43 bits per heavy atom. The topological polar surface area (TPSA) is 61.4 Å². The minimum absolute atomic E-state index is 0.161. The molecule has 6 heteroatoms. The van der Waals surface area contributed by atoms with E-state index in [1.165, 1.54) is 0 Å². The Morgan fingerprint density at radius 2 is 2.19 bits per heavy atom. The van der Waals surface area contributed by atoms with Gasteiger partial charge in [0.25, 0.3) is 0 Å². The molecular formula is C15H20ClN3O2. The third kappa shape index (κ3) is 3.74. The highest BCUT2D eigenvalue weighted by Crippen LogP contribution is 2.27. The maximum atomic E-state index is 11.8. The van der Waals surface area contributed by atoms with Crippen LogP contribution in [-0.4, -0.2) is 30.9 Å².